The standard InChI is InChI=1S/C10H17BrN2/c1-7(2)5-10-12-6-9(11)13(10)8(3)4/h6-8H,5H2,1-4H3. The van der Waals surface area contributed by atoms with Gasteiger partial charge in [0.25, 0.3) is 0 Å². The highest BCUT2D eigenvalue weighted by Gasteiger charge is 2.11. The summed E-state index contributed by atoms with van der Waals surface area (Å²) >= 11 is 3.51. The Hall–Kier alpha value is -0.310. The predicted molar refractivity (Wildman–Crippen MR) is 58.9 cm³/mol. The monoisotopic (exact) mass is 244 g/mol. The summed E-state index contributed by atoms with van der Waals surface area (Å²) in [6.07, 6.45) is 2.93. The van der Waals surface area contributed by atoms with E-state index in [9.17, 15) is 0 Å². The minimum absolute atomic E-state index is 0.477. The van der Waals surface area contributed by atoms with Gasteiger partial charge >= 0.3 is 0 Å². The second-order valence-electron chi connectivity index (χ2n) is 4.06. The molecule has 0 saturated carbocycles. The van der Waals surface area contributed by atoms with Gasteiger partial charge in [-0.25, -0.2) is 4.98 Å². The lowest BCUT2D eigenvalue weighted by Crippen LogP contribution is -2.09. The molecule has 0 aliphatic rings. The van der Waals surface area contributed by atoms with Crippen molar-refractivity contribution in [2.24, 2.45) is 5.92 Å². The quantitative estimate of drug-likeness (QED) is 0.797. The van der Waals surface area contributed by atoms with E-state index in [0.717, 1.165) is 11.0 Å². The molecule has 0 unspecified atom stereocenters. The SMILES string of the molecule is CC(C)Cc1ncc(Br)n1C(C)C. The molecule has 0 aromatic carbocycles. The van der Waals surface area contributed by atoms with E-state index in [2.05, 4.69) is 53.2 Å². The number of imidazole rings is 1. The lowest BCUT2D eigenvalue weighted by atomic mass is 10.1. The van der Waals surface area contributed by atoms with Crippen LogP contribution in [0.4, 0.5) is 0 Å². The van der Waals surface area contributed by atoms with Crippen molar-refractivity contribution in [1.29, 1.82) is 0 Å². The van der Waals surface area contributed by atoms with Gasteiger partial charge < -0.3 is 4.57 Å². The van der Waals surface area contributed by atoms with Crippen molar-refractivity contribution in [2.75, 3.05) is 0 Å². The van der Waals surface area contributed by atoms with Crippen LogP contribution in [0.15, 0.2) is 10.8 Å². The molecule has 1 aromatic rings. The van der Waals surface area contributed by atoms with Crippen molar-refractivity contribution in [3.05, 3.63) is 16.6 Å². The second kappa shape index (κ2) is 4.27. The average Bonchev–Trinajstić information content (AvgIpc) is 2.30. The van der Waals surface area contributed by atoms with Gasteiger partial charge in [-0.1, -0.05) is 13.8 Å². The van der Waals surface area contributed by atoms with Crippen LogP contribution in [0.1, 0.15) is 39.6 Å². The maximum Gasteiger partial charge on any atom is 0.110 e. The fourth-order valence-electron chi connectivity index (χ4n) is 1.44. The molecule has 0 bridgehead atoms. The van der Waals surface area contributed by atoms with Gasteiger partial charge in [-0.05, 0) is 35.7 Å². The molecular formula is C10H17BrN2. The van der Waals surface area contributed by atoms with E-state index < -0.39 is 0 Å². The molecule has 0 fully saturated rings. The Balaban J connectivity index is 2.94. The third-order valence-corrected chi connectivity index (χ3v) is 2.52. The smallest absolute Gasteiger partial charge is 0.110 e. The topological polar surface area (TPSA) is 17.8 Å². The van der Waals surface area contributed by atoms with Crippen LogP contribution in [0, 0.1) is 5.92 Å². The minimum Gasteiger partial charge on any atom is -0.320 e. The van der Waals surface area contributed by atoms with Gasteiger partial charge in [0.2, 0.25) is 0 Å². The summed E-state index contributed by atoms with van der Waals surface area (Å²) in [4.78, 5) is 4.39. The Labute approximate surface area is 88.5 Å². The van der Waals surface area contributed by atoms with Gasteiger partial charge in [-0.2, -0.15) is 0 Å². The molecule has 1 rings (SSSR count). The summed E-state index contributed by atoms with van der Waals surface area (Å²) in [5.41, 5.74) is 0. The van der Waals surface area contributed by atoms with Crippen LogP contribution < -0.4 is 0 Å². The molecule has 0 radical (unpaired) electrons. The van der Waals surface area contributed by atoms with Crippen molar-refractivity contribution in [3.63, 3.8) is 0 Å². The minimum atomic E-state index is 0.477. The molecule has 74 valence electrons. The number of hydrogen-bond donors (Lipinski definition) is 0. The second-order valence-corrected chi connectivity index (χ2v) is 4.87. The van der Waals surface area contributed by atoms with Gasteiger partial charge in [0, 0.05) is 12.5 Å². The Morgan fingerprint density at radius 1 is 1.38 bits per heavy atom. The van der Waals surface area contributed by atoms with Gasteiger partial charge in [0.05, 0.1) is 6.20 Å². The molecule has 13 heavy (non-hydrogen) atoms. The zero-order chi connectivity index (χ0) is 10.0. The van der Waals surface area contributed by atoms with Crippen LogP contribution in [0.3, 0.4) is 0 Å². The van der Waals surface area contributed by atoms with Crippen molar-refractivity contribution < 1.29 is 0 Å². The molecule has 2 nitrogen and oxygen atoms in total. The zero-order valence-corrected chi connectivity index (χ0v) is 10.3. The highest BCUT2D eigenvalue weighted by molar-refractivity contribution is 9.10. The van der Waals surface area contributed by atoms with Crippen LogP contribution in [0.25, 0.3) is 0 Å². The van der Waals surface area contributed by atoms with Gasteiger partial charge in [0.1, 0.15) is 10.4 Å². The van der Waals surface area contributed by atoms with E-state index in [1.165, 1.54) is 5.82 Å². The molecule has 0 saturated heterocycles. The van der Waals surface area contributed by atoms with Crippen LogP contribution in [-0.2, 0) is 6.42 Å². The molecule has 0 N–H and O–H groups in total. The van der Waals surface area contributed by atoms with Crippen molar-refractivity contribution in [2.45, 2.75) is 40.2 Å². The molecule has 0 aliphatic carbocycles. The molecular weight excluding hydrogens is 228 g/mol. The maximum atomic E-state index is 4.39. The Morgan fingerprint density at radius 2 is 2.00 bits per heavy atom. The average molecular weight is 245 g/mol. The van der Waals surface area contributed by atoms with E-state index in [0.29, 0.717) is 12.0 Å². The fourth-order valence-corrected chi connectivity index (χ4v) is 2.15. The van der Waals surface area contributed by atoms with Gasteiger partial charge in [-0.3, -0.25) is 0 Å². The summed E-state index contributed by atoms with van der Waals surface area (Å²) in [6, 6.07) is 0.477. The number of aromatic nitrogens is 2. The van der Waals surface area contributed by atoms with E-state index in [1.54, 1.807) is 0 Å². The number of rotatable bonds is 3. The summed E-state index contributed by atoms with van der Waals surface area (Å²) < 4.78 is 3.32. The third kappa shape index (κ3) is 2.56. The summed E-state index contributed by atoms with van der Waals surface area (Å²) in [6.45, 7) is 8.78. The lowest BCUT2D eigenvalue weighted by molar-refractivity contribution is 0.522. The molecule has 0 atom stereocenters. The van der Waals surface area contributed by atoms with E-state index in [-0.39, 0.29) is 0 Å². The molecule has 3 heteroatoms. The highest BCUT2D eigenvalue weighted by Crippen LogP contribution is 2.20. The van der Waals surface area contributed by atoms with Crippen molar-refractivity contribution in [3.8, 4) is 0 Å². The molecule has 1 heterocycles. The molecule has 0 amide bonds. The summed E-state index contributed by atoms with van der Waals surface area (Å²) in [7, 11) is 0. The first-order valence-corrected chi connectivity index (χ1v) is 5.53. The highest BCUT2D eigenvalue weighted by atomic mass is 79.9. The molecule has 0 spiro atoms. The fraction of sp³-hybridized carbons (Fsp3) is 0.700. The zero-order valence-electron chi connectivity index (χ0n) is 8.71. The summed E-state index contributed by atoms with van der Waals surface area (Å²) in [5.74, 6) is 1.84. The molecule has 1 aromatic heterocycles. The Kier molecular flexibility index (Phi) is 3.54. The lowest BCUT2D eigenvalue weighted by Gasteiger charge is -2.14. The first kappa shape index (κ1) is 10.8. The first-order valence-electron chi connectivity index (χ1n) is 4.74. The van der Waals surface area contributed by atoms with E-state index in [1.807, 2.05) is 6.20 Å². The van der Waals surface area contributed by atoms with Crippen molar-refractivity contribution >= 4 is 15.9 Å². The molecule has 0 aliphatic heterocycles. The van der Waals surface area contributed by atoms with E-state index >= 15 is 0 Å². The van der Waals surface area contributed by atoms with Gasteiger partial charge in [0.15, 0.2) is 0 Å². The Bertz CT molecular complexity index is 276. The summed E-state index contributed by atoms with van der Waals surface area (Å²) in [5, 5.41) is 0. The third-order valence-electron chi connectivity index (χ3n) is 1.94. The van der Waals surface area contributed by atoms with Crippen molar-refractivity contribution in [1.82, 2.24) is 9.55 Å². The normalized spacial score (nSPS) is 11.6. The number of nitrogens with zero attached hydrogens (tertiary/aromatic N) is 2. The number of hydrogen-bond acceptors (Lipinski definition) is 1. The van der Waals surface area contributed by atoms with E-state index in [4.69, 9.17) is 0 Å². The van der Waals surface area contributed by atoms with Crippen LogP contribution in [0.5, 0.6) is 0 Å². The largest absolute Gasteiger partial charge is 0.320 e. The Morgan fingerprint density at radius 3 is 2.46 bits per heavy atom. The first-order chi connectivity index (χ1) is 6.02. The van der Waals surface area contributed by atoms with Crippen LogP contribution >= 0.6 is 15.9 Å². The maximum absolute atomic E-state index is 4.39. The van der Waals surface area contributed by atoms with Crippen LogP contribution in [0.2, 0.25) is 0 Å². The van der Waals surface area contributed by atoms with Crippen LogP contribution in [-0.4, -0.2) is 9.55 Å². The van der Waals surface area contributed by atoms with Gasteiger partial charge in [-0.15, -0.1) is 0 Å². The predicted octanol–water partition coefficient (Wildman–Crippen LogP) is 3.43. The number of halogens is 1.